The highest BCUT2D eigenvalue weighted by molar-refractivity contribution is 5.35. The third kappa shape index (κ3) is 3.48. The average molecular weight is 277 g/mol. The molecule has 2 heterocycles. The van der Waals surface area contributed by atoms with Crippen molar-refractivity contribution in [1.82, 2.24) is 9.88 Å². The maximum Gasteiger partial charge on any atom is 0.214 e. The molecule has 2 aliphatic rings. The molecule has 3 rings (SSSR count). The molecule has 2 fully saturated rings. The van der Waals surface area contributed by atoms with Crippen molar-refractivity contribution in [1.29, 1.82) is 0 Å². The molecule has 1 aromatic heterocycles. The topological polar surface area (TPSA) is 28.2 Å². The van der Waals surface area contributed by atoms with E-state index in [1.54, 1.807) is 6.07 Å². The molecule has 1 atom stereocenters. The highest BCUT2D eigenvalue weighted by atomic mass is 19.1. The number of nitrogens with zero attached hydrogens (tertiary/aromatic N) is 2. The van der Waals surface area contributed by atoms with E-state index in [0.717, 1.165) is 19.0 Å². The quantitative estimate of drug-likeness (QED) is 0.858. The lowest BCUT2D eigenvalue weighted by molar-refractivity contribution is 0.124. The van der Waals surface area contributed by atoms with Gasteiger partial charge >= 0.3 is 0 Å². The zero-order valence-electron chi connectivity index (χ0n) is 12.0. The van der Waals surface area contributed by atoms with E-state index in [0.29, 0.717) is 11.9 Å². The first-order valence-electron chi connectivity index (χ1n) is 7.94. The van der Waals surface area contributed by atoms with Crippen molar-refractivity contribution in [2.24, 2.45) is 0 Å². The molecule has 1 N–H and O–H groups in total. The Morgan fingerprint density at radius 3 is 2.75 bits per heavy atom. The highest BCUT2D eigenvalue weighted by Crippen LogP contribution is 2.26. The van der Waals surface area contributed by atoms with E-state index in [1.807, 2.05) is 6.07 Å². The molecule has 0 spiro atoms. The van der Waals surface area contributed by atoms with Gasteiger partial charge in [-0.15, -0.1) is 0 Å². The molecule has 0 bridgehead atoms. The molecule has 110 valence electrons. The minimum absolute atomic E-state index is 0.403. The van der Waals surface area contributed by atoms with Gasteiger partial charge in [0.05, 0.1) is 0 Å². The Labute approximate surface area is 120 Å². The number of hydrogen-bond acceptors (Lipinski definition) is 3. The number of halogens is 1. The zero-order valence-corrected chi connectivity index (χ0v) is 12.0. The molecule has 0 aromatic carbocycles. The molecule has 3 nitrogen and oxygen atoms in total. The normalized spacial score (nSPS) is 25.6. The predicted molar refractivity (Wildman–Crippen MR) is 79.3 cm³/mol. The fourth-order valence-electron chi connectivity index (χ4n) is 3.60. The van der Waals surface area contributed by atoms with Gasteiger partial charge in [0.2, 0.25) is 5.95 Å². The SMILES string of the molecule is Fc1cccc(NC2CCCN(C3CCCCC3)C2)n1. The third-order valence-electron chi connectivity index (χ3n) is 4.61. The first-order chi connectivity index (χ1) is 9.81. The van der Waals surface area contributed by atoms with Gasteiger partial charge in [0, 0.05) is 18.6 Å². The molecule has 1 saturated carbocycles. The summed E-state index contributed by atoms with van der Waals surface area (Å²) in [7, 11) is 0. The van der Waals surface area contributed by atoms with E-state index in [2.05, 4.69) is 15.2 Å². The lowest BCUT2D eigenvalue weighted by Gasteiger charge is -2.40. The summed E-state index contributed by atoms with van der Waals surface area (Å²) in [4.78, 5) is 6.55. The van der Waals surface area contributed by atoms with Crippen molar-refractivity contribution < 1.29 is 4.39 Å². The van der Waals surface area contributed by atoms with Crippen LogP contribution in [0.4, 0.5) is 10.2 Å². The van der Waals surface area contributed by atoms with E-state index in [1.165, 1.54) is 51.1 Å². The molecular formula is C16H24FN3. The lowest BCUT2D eigenvalue weighted by atomic mass is 9.92. The standard InChI is InChI=1S/C16H24FN3/c17-15-9-4-10-16(19-15)18-13-6-5-11-20(12-13)14-7-2-1-3-8-14/h4,9-10,13-14H,1-3,5-8,11-12H2,(H,18,19). The molecule has 0 amide bonds. The third-order valence-corrected chi connectivity index (χ3v) is 4.61. The van der Waals surface area contributed by atoms with Crippen molar-refractivity contribution in [3.8, 4) is 0 Å². The van der Waals surface area contributed by atoms with Gasteiger partial charge in [0.15, 0.2) is 0 Å². The van der Waals surface area contributed by atoms with E-state index >= 15 is 0 Å². The Morgan fingerprint density at radius 2 is 1.95 bits per heavy atom. The summed E-state index contributed by atoms with van der Waals surface area (Å²) in [5, 5.41) is 3.40. The van der Waals surface area contributed by atoms with Gasteiger partial charge in [-0.3, -0.25) is 4.90 Å². The molecule has 1 aliphatic heterocycles. The summed E-state index contributed by atoms with van der Waals surface area (Å²) in [5.41, 5.74) is 0. The van der Waals surface area contributed by atoms with Gasteiger partial charge in [-0.05, 0) is 44.4 Å². The summed E-state index contributed by atoms with van der Waals surface area (Å²) in [6, 6.07) is 6.13. The lowest BCUT2D eigenvalue weighted by Crippen LogP contribution is -2.47. The number of pyridine rings is 1. The summed E-state index contributed by atoms with van der Waals surface area (Å²) in [5.74, 6) is 0.260. The van der Waals surface area contributed by atoms with Gasteiger partial charge < -0.3 is 5.32 Å². The van der Waals surface area contributed by atoms with Gasteiger partial charge in [-0.25, -0.2) is 4.98 Å². The van der Waals surface area contributed by atoms with Crippen molar-refractivity contribution in [3.05, 3.63) is 24.1 Å². The van der Waals surface area contributed by atoms with Gasteiger partial charge in [-0.1, -0.05) is 25.3 Å². The number of rotatable bonds is 3. The maximum absolute atomic E-state index is 13.1. The molecule has 20 heavy (non-hydrogen) atoms. The molecule has 1 aliphatic carbocycles. The van der Waals surface area contributed by atoms with Crippen molar-refractivity contribution in [3.63, 3.8) is 0 Å². The van der Waals surface area contributed by atoms with E-state index in [4.69, 9.17) is 0 Å². The van der Waals surface area contributed by atoms with Crippen LogP contribution < -0.4 is 5.32 Å². The summed E-state index contributed by atoms with van der Waals surface area (Å²) in [6.45, 7) is 2.29. The van der Waals surface area contributed by atoms with E-state index in [-0.39, 0.29) is 0 Å². The van der Waals surface area contributed by atoms with Crippen molar-refractivity contribution in [2.45, 2.75) is 57.0 Å². The average Bonchev–Trinajstić information content (AvgIpc) is 2.48. The van der Waals surface area contributed by atoms with E-state index in [9.17, 15) is 4.39 Å². The van der Waals surface area contributed by atoms with Gasteiger partial charge in [0.25, 0.3) is 0 Å². The minimum atomic E-state index is -0.407. The van der Waals surface area contributed by atoms with Gasteiger partial charge in [-0.2, -0.15) is 4.39 Å². The summed E-state index contributed by atoms with van der Waals surface area (Å²) < 4.78 is 13.1. The minimum Gasteiger partial charge on any atom is -0.366 e. The van der Waals surface area contributed by atoms with Gasteiger partial charge in [0.1, 0.15) is 5.82 Å². The Balaban J connectivity index is 1.57. The number of piperidine rings is 1. The summed E-state index contributed by atoms with van der Waals surface area (Å²) >= 11 is 0. The van der Waals surface area contributed by atoms with Crippen LogP contribution in [-0.4, -0.2) is 35.1 Å². The van der Waals surface area contributed by atoms with Crippen LogP contribution >= 0.6 is 0 Å². The summed E-state index contributed by atoms with van der Waals surface area (Å²) in [6.07, 6.45) is 9.25. The predicted octanol–water partition coefficient (Wildman–Crippen LogP) is 3.43. The Kier molecular flexibility index (Phi) is 4.51. The molecule has 1 saturated heterocycles. The van der Waals surface area contributed by atoms with Crippen LogP contribution in [0.15, 0.2) is 18.2 Å². The fraction of sp³-hybridized carbons (Fsp3) is 0.688. The molecule has 0 radical (unpaired) electrons. The second-order valence-corrected chi connectivity index (χ2v) is 6.12. The Morgan fingerprint density at radius 1 is 1.10 bits per heavy atom. The largest absolute Gasteiger partial charge is 0.366 e. The zero-order chi connectivity index (χ0) is 13.8. The van der Waals surface area contributed by atoms with Crippen LogP contribution in [-0.2, 0) is 0 Å². The number of likely N-dealkylation sites (tertiary alicyclic amines) is 1. The van der Waals surface area contributed by atoms with E-state index < -0.39 is 5.95 Å². The number of aromatic nitrogens is 1. The first kappa shape index (κ1) is 13.8. The Bertz CT molecular complexity index is 431. The van der Waals surface area contributed by atoms with Crippen LogP contribution in [0.5, 0.6) is 0 Å². The van der Waals surface area contributed by atoms with Crippen molar-refractivity contribution >= 4 is 5.82 Å². The molecule has 1 unspecified atom stereocenters. The molecule has 4 heteroatoms. The first-order valence-corrected chi connectivity index (χ1v) is 7.94. The van der Waals surface area contributed by atoms with Crippen LogP contribution in [0.25, 0.3) is 0 Å². The second-order valence-electron chi connectivity index (χ2n) is 6.12. The number of nitrogens with one attached hydrogen (secondary N) is 1. The van der Waals surface area contributed by atoms with Crippen molar-refractivity contribution in [2.75, 3.05) is 18.4 Å². The Hall–Kier alpha value is -1.16. The monoisotopic (exact) mass is 277 g/mol. The number of hydrogen-bond donors (Lipinski definition) is 1. The fourth-order valence-corrected chi connectivity index (χ4v) is 3.60. The molecular weight excluding hydrogens is 253 g/mol. The maximum atomic E-state index is 13.1. The van der Waals surface area contributed by atoms with Crippen LogP contribution in [0.3, 0.4) is 0 Å². The molecule has 1 aromatic rings. The number of anilines is 1. The smallest absolute Gasteiger partial charge is 0.214 e. The van der Waals surface area contributed by atoms with Crippen LogP contribution in [0.1, 0.15) is 44.9 Å². The highest BCUT2D eigenvalue weighted by Gasteiger charge is 2.26. The second kappa shape index (κ2) is 6.53. The van der Waals surface area contributed by atoms with Crippen LogP contribution in [0.2, 0.25) is 0 Å². The van der Waals surface area contributed by atoms with Crippen LogP contribution in [0, 0.1) is 5.95 Å².